The van der Waals surface area contributed by atoms with Crippen molar-refractivity contribution in [3.63, 3.8) is 0 Å². The van der Waals surface area contributed by atoms with Crippen LogP contribution in [-0.4, -0.2) is 15.8 Å². The fourth-order valence-electron chi connectivity index (χ4n) is 1.44. The van der Waals surface area contributed by atoms with Crippen LogP contribution in [0, 0.1) is 19.3 Å². The Labute approximate surface area is 109 Å². The Morgan fingerprint density at radius 1 is 1.50 bits per heavy atom. The van der Waals surface area contributed by atoms with Crippen LogP contribution in [0.2, 0.25) is 0 Å². The predicted molar refractivity (Wildman–Crippen MR) is 70.8 cm³/mol. The van der Waals surface area contributed by atoms with E-state index in [4.69, 9.17) is 15.6 Å². The first-order valence-electron chi connectivity index (χ1n) is 5.43. The van der Waals surface area contributed by atoms with Gasteiger partial charge in [-0.15, -0.1) is 0 Å². The number of hydrogen-bond acceptors (Lipinski definition) is 5. The third-order valence-electron chi connectivity index (χ3n) is 2.51. The monoisotopic (exact) mass is 262 g/mol. The summed E-state index contributed by atoms with van der Waals surface area (Å²) in [6, 6.07) is 3.73. The van der Waals surface area contributed by atoms with Gasteiger partial charge in [-0.1, -0.05) is 17.8 Å². The number of pyridine rings is 1. The molecule has 94 valence electrons. The number of aromatic nitrogens is 2. The lowest BCUT2D eigenvalue weighted by atomic mass is 10.2. The maximum Gasteiger partial charge on any atom is 0.256 e. The van der Waals surface area contributed by atoms with Gasteiger partial charge in [-0.2, -0.15) is 0 Å². The molecule has 0 saturated heterocycles. The van der Waals surface area contributed by atoms with Gasteiger partial charge in [-0.25, -0.2) is 4.98 Å². The van der Waals surface area contributed by atoms with E-state index in [0.717, 1.165) is 17.0 Å². The molecule has 2 rings (SSSR count). The maximum atomic E-state index is 7.46. The van der Waals surface area contributed by atoms with Crippen LogP contribution in [0.5, 0.6) is 0 Å². The van der Waals surface area contributed by atoms with Gasteiger partial charge in [-0.3, -0.25) is 10.4 Å². The Balaban J connectivity index is 2.13. The SMILES string of the molecule is Cc1nc(SCc2cccnc2C(=N)N)oc1C. The van der Waals surface area contributed by atoms with E-state index in [2.05, 4.69) is 9.97 Å². The van der Waals surface area contributed by atoms with Crippen molar-refractivity contribution in [1.29, 1.82) is 5.41 Å². The molecular weight excluding hydrogens is 248 g/mol. The van der Waals surface area contributed by atoms with Crippen molar-refractivity contribution in [2.24, 2.45) is 5.73 Å². The fourth-order valence-corrected chi connectivity index (χ4v) is 2.34. The molecule has 0 aliphatic rings. The van der Waals surface area contributed by atoms with Crippen molar-refractivity contribution < 1.29 is 4.42 Å². The van der Waals surface area contributed by atoms with Gasteiger partial charge in [0.15, 0.2) is 0 Å². The molecule has 0 atom stereocenters. The molecule has 0 amide bonds. The number of thioether (sulfide) groups is 1. The summed E-state index contributed by atoms with van der Waals surface area (Å²) in [5.41, 5.74) is 7.81. The van der Waals surface area contributed by atoms with E-state index in [0.29, 0.717) is 16.7 Å². The van der Waals surface area contributed by atoms with Crippen LogP contribution in [-0.2, 0) is 5.75 Å². The first-order chi connectivity index (χ1) is 8.58. The summed E-state index contributed by atoms with van der Waals surface area (Å²) in [6.45, 7) is 3.80. The molecule has 0 spiro atoms. The zero-order valence-corrected chi connectivity index (χ0v) is 11.0. The van der Waals surface area contributed by atoms with Gasteiger partial charge in [-0.05, 0) is 25.5 Å². The molecule has 0 saturated carbocycles. The van der Waals surface area contributed by atoms with E-state index in [1.807, 2.05) is 26.0 Å². The lowest BCUT2D eigenvalue weighted by Crippen LogP contribution is -2.15. The Kier molecular flexibility index (Phi) is 3.66. The number of nitrogen functional groups attached to an aromatic ring is 1. The van der Waals surface area contributed by atoms with Crippen LogP contribution in [0.3, 0.4) is 0 Å². The lowest BCUT2D eigenvalue weighted by Gasteiger charge is -2.04. The molecule has 0 fully saturated rings. The number of aryl methyl sites for hydroxylation is 2. The lowest BCUT2D eigenvalue weighted by molar-refractivity contribution is 0.431. The molecule has 5 nitrogen and oxygen atoms in total. The topological polar surface area (TPSA) is 88.8 Å². The highest BCUT2D eigenvalue weighted by atomic mass is 32.2. The van der Waals surface area contributed by atoms with Crippen molar-refractivity contribution in [1.82, 2.24) is 9.97 Å². The van der Waals surface area contributed by atoms with Crippen LogP contribution in [0.1, 0.15) is 22.7 Å². The Bertz CT molecular complexity index is 560. The molecule has 2 aromatic rings. The zero-order chi connectivity index (χ0) is 13.1. The second-order valence-electron chi connectivity index (χ2n) is 3.83. The predicted octanol–water partition coefficient (Wildman–Crippen LogP) is 2.26. The van der Waals surface area contributed by atoms with Crippen LogP contribution in [0.25, 0.3) is 0 Å². The number of amidine groups is 1. The highest BCUT2D eigenvalue weighted by Gasteiger charge is 2.10. The van der Waals surface area contributed by atoms with E-state index in [1.165, 1.54) is 11.8 Å². The summed E-state index contributed by atoms with van der Waals surface area (Å²) in [7, 11) is 0. The van der Waals surface area contributed by atoms with Gasteiger partial charge in [0.1, 0.15) is 17.3 Å². The van der Waals surface area contributed by atoms with Crippen LogP contribution in [0.4, 0.5) is 0 Å². The van der Waals surface area contributed by atoms with E-state index in [9.17, 15) is 0 Å². The van der Waals surface area contributed by atoms with Crippen LogP contribution >= 0.6 is 11.8 Å². The summed E-state index contributed by atoms with van der Waals surface area (Å²) in [4.78, 5) is 8.39. The second-order valence-corrected chi connectivity index (χ2v) is 4.76. The largest absolute Gasteiger partial charge is 0.437 e. The van der Waals surface area contributed by atoms with Gasteiger partial charge in [0.05, 0.1) is 5.69 Å². The van der Waals surface area contributed by atoms with Crippen molar-refractivity contribution >= 4 is 17.6 Å². The third-order valence-corrected chi connectivity index (χ3v) is 3.38. The first-order valence-corrected chi connectivity index (χ1v) is 6.41. The highest BCUT2D eigenvalue weighted by Crippen LogP contribution is 2.24. The molecular formula is C12H14N4OS. The summed E-state index contributed by atoms with van der Waals surface area (Å²) < 4.78 is 5.48. The number of hydrogen-bond donors (Lipinski definition) is 2. The number of nitrogens with one attached hydrogen (secondary N) is 1. The summed E-state index contributed by atoms with van der Waals surface area (Å²) in [6.07, 6.45) is 1.63. The smallest absolute Gasteiger partial charge is 0.256 e. The van der Waals surface area contributed by atoms with E-state index in [-0.39, 0.29) is 5.84 Å². The summed E-state index contributed by atoms with van der Waals surface area (Å²) >= 11 is 1.47. The van der Waals surface area contributed by atoms with Crippen LogP contribution < -0.4 is 5.73 Å². The number of oxazole rings is 1. The minimum Gasteiger partial charge on any atom is -0.437 e. The Morgan fingerprint density at radius 2 is 2.28 bits per heavy atom. The zero-order valence-electron chi connectivity index (χ0n) is 10.2. The number of nitrogens with two attached hydrogens (primary N) is 1. The van der Waals surface area contributed by atoms with Gasteiger partial charge >= 0.3 is 0 Å². The normalized spacial score (nSPS) is 10.6. The van der Waals surface area contributed by atoms with Gasteiger partial charge in [0, 0.05) is 11.9 Å². The molecule has 0 radical (unpaired) electrons. The second kappa shape index (κ2) is 5.22. The maximum absolute atomic E-state index is 7.46. The summed E-state index contributed by atoms with van der Waals surface area (Å²) in [5.74, 6) is 1.43. The molecule has 0 aliphatic heterocycles. The average molecular weight is 262 g/mol. The van der Waals surface area contributed by atoms with Crippen molar-refractivity contribution in [2.45, 2.75) is 24.8 Å². The highest BCUT2D eigenvalue weighted by molar-refractivity contribution is 7.98. The van der Waals surface area contributed by atoms with Gasteiger partial charge < -0.3 is 10.2 Å². The Morgan fingerprint density at radius 3 is 2.89 bits per heavy atom. The van der Waals surface area contributed by atoms with E-state index < -0.39 is 0 Å². The first kappa shape index (κ1) is 12.6. The molecule has 6 heteroatoms. The fraction of sp³-hybridized carbons (Fsp3) is 0.250. The molecule has 0 aliphatic carbocycles. The third kappa shape index (κ3) is 2.70. The molecule has 2 aromatic heterocycles. The molecule has 2 heterocycles. The van der Waals surface area contributed by atoms with Crippen LogP contribution in [0.15, 0.2) is 28.0 Å². The molecule has 18 heavy (non-hydrogen) atoms. The molecule has 0 bridgehead atoms. The molecule has 0 aromatic carbocycles. The minimum absolute atomic E-state index is 0.0223. The quantitative estimate of drug-likeness (QED) is 0.501. The molecule has 3 N–H and O–H groups in total. The number of rotatable bonds is 4. The molecule has 0 unspecified atom stereocenters. The standard InChI is InChI=1S/C12H14N4OS/c1-7-8(2)17-12(16-7)18-6-9-4-3-5-15-10(9)11(13)14/h3-5H,6H2,1-2H3,(H3,13,14). The number of nitrogens with zero attached hydrogens (tertiary/aromatic N) is 2. The van der Waals surface area contributed by atoms with Gasteiger partial charge in [0.25, 0.3) is 5.22 Å². The van der Waals surface area contributed by atoms with Crippen molar-refractivity contribution in [2.75, 3.05) is 0 Å². The van der Waals surface area contributed by atoms with Crippen molar-refractivity contribution in [3.05, 3.63) is 41.0 Å². The minimum atomic E-state index is -0.0223. The van der Waals surface area contributed by atoms with E-state index >= 15 is 0 Å². The van der Waals surface area contributed by atoms with E-state index in [1.54, 1.807) is 6.20 Å². The average Bonchev–Trinajstić information content (AvgIpc) is 2.66. The summed E-state index contributed by atoms with van der Waals surface area (Å²) in [5, 5.41) is 8.09. The van der Waals surface area contributed by atoms with Crippen molar-refractivity contribution in [3.8, 4) is 0 Å². The Hall–Kier alpha value is -1.82. The van der Waals surface area contributed by atoms with Gasteiger partial charge in [0.2, 0.25) is 0 Å².